The van der Waals surface area contributed by atoms with Crippen molar-refractivity contribution >= 4 is 49.5 Å². The van der Waals surface area contributed by atoms with Crippen LogP contribution in [-0.2, 0) is 10.0 Å². The van der Waals surface area contributed by atoms with Gasteiger partial charge in [-0.2, -0.15) is 4.31 Å². The molecule has 1 saturated heterocycles. The van der Waals surface area contributed by atoms with Gasteiger partial charge >= 0.3 is 0 Å². The maximum Gasteiger partial charge on any atom is 0.243 e. The van der Waals surface area contributed by atoms with Gasteiger partial charge in [0.25, 0.3) is 0 Å². The third-order valence-electron chi connectivity index (χ3n) is 6.07. The van der Waals surface area contributed by atoms with E-state index in [1.54, 1.807) is 35.7 Å². The fourth-order valence-corrected chi connectivity index (χ4v) is 8.29. The van der Waals surface area contributed by atoms with Crippen molar-refractivity contribution in [1.82, 2.24) is 9.21 Å². The van der Waals surface area contributed by atoms with Gasteiger partial charge in [0, 0.05) is 37.2 Å². The van der Waals surface area contributed by atoms with Crippen LogP contribution in [-0.4, -0.2) is 75.6 Å². The first-order valence-electron chi connectivity index (χ1n) is 12.9. The number of thioether (sulfide) groups is 2. The molecule has 3 rings (SSSR count). The number of hydrogen-bond donors (Lipinski definition) is 0. The molecule has 0 atom stereocenters. The molecule has 0 amide bonds. The molecule has 1 fully saturated rings. The number of sulfonamides is 1. The number of halogens is 1. The van der Waals surface area contributed by atoms with Crippen LogP contribution < -0.4 is 9.47 Å². The lowest BCUT2D eigenvalue weighted by atomic mass is 10.2. The van der Waals surface area contributed by atoms with Crippen molar-refractivity contribution in [3.8, 4) is 11.5 Å². The predicted octanol–water partition coefficient (Wildman–Crippen LogP) is 6.52. The van der Waals surface area contributed by atoms with Crippen molar-refractivity contribution in [3.63, 3.8) is 0 Å². The maximum absolute atomic E-state index is 12.9. The Bertz CT molecular complexity index is 1050. The van der Waals surface area contributed by atoms with Crippen molar-refractivity contribution < 1.29 is 17.9 Å². The molecule has 0 spiro atoms. The molecule has 0 N–H and O–H groups in total. The van der Waals surface area contributed by atoms with Crippen LogP contribution >= 0.6 is 39.5 Å². The zero-order valence-electron chi connectivity index (χ0n) is 22.0. The Morgan fingerprint density at radius 2 is 1.59 bits per heavy atom. The average Bonchev–Trinajstić information content (AvgIpc) is 2.92. The Kier molecular flexibility index (Phi) is 12.9. The van der Waals surface area contributed by atoms with Gasteiger partial charge in [0.1, 0.15) is 0 Å². The van der Waals surface area contributed by atoms with Gasteiger partial charge in [0.15, 0.2) is 11.5 Å². The van der Waals surface area contributed by atoms with Gasteiger partial charge in [-0.05, 0) is 72.7 Å². The first-order chi connectivity index (χ1) is 17.9. The van der Waals surface area contributed by atoms with E-state index >= 15 is 0 Å². The van der Waals surface area contributed by atoms with Crippen molar-refractivity contribution in [2.45, 2.75) is 42.6 Å². The number of rotatable bonds is 15. The average molecular weight is 632 g/mol. The highest BCUT2D eigenvalue weighted by atomic mass is 79.9. The van der Waals surface area contributed by atoms with E-state index in [-0.39, 0.29) is 0 Å². The van der Waals surface area contributed by atoms with Crippen LogP contribution in [0.2, 0.25) is 0 Å². The summed E-state index contributed by atoms with van der Waals surface area (Å²) in [6, 6.07) is 13.2. The maximum atomic E-state index is 12.9. The molecule has 1 aliphatic heterocycles. The van der Waals surface area contributed by atoms with Gasteiger partial charge < -0.3 is 14.4 Å². The zero-order chi connectivity index (χ0) is 26.7. The molecule has 6 nitrogen and oxygen atoms in total. The molecule has 2 aromatic carbocycles. The Labute approximate surface area is 240 Å². The highest BCUT2D eigenvalue weighted by Crippen LogP contribution is 2.42. The molecule has 10 heteroatoms. The second kappa shape index (κ2) is 15.6. The number of benzene rings is 2. The highest BCUT2D eigenvalue weighted by molar-refractivity contribution is 9.10. The van der Waals surface area contributed by atoms with Crippen molar-refractivity contribution in [3.05, 3.63) is 52.5 Å². The third-order valence-corrected chi connectivity index (χ3v) is 11.8. The van der Waals surface area contributed by atoms with Gasteiger partial charge in [0.2, 0.25) is 10.0 Å². The number of methoxy groups -OCH3 is 1. The first kappa shape index (κ1) is 30.6. The highest BCUT2D eigenvalue weighted by Gasteiger charge is 2.28. The summed E-state index contributed by atoms with van der Waals surface area (Å²) >= 11 is 7.35. The van der Waals surface area contributed by atoms with Crippen LogP contribution in [0.4, 0.5) is 0 Å². The van der Waals surface area contributed by atoms with E-state index < -0.39 is 10.0 Å². The molecule has 37 heavy (non-hydrogen) atoms. The second-order valence-corrected chi connectivity index (χ2v) is 14.5. The minimum Gasteiger partial charge on any atom is -0.493 e. The molecule has 0 saturated carbocycles. The zero-order valence-corrected chi connectivity index (χ0v) is 26.1. The number of piperazine rings is 1. The third kappa shape index (κ3) is 9.07. The molecule has 0 unspecified atom stereocenters. The minimum absolute atomic E-state index is 0.344. The Morgan fingerprint density at radius 1 is 0.946 bits per heavy atom. The second-order valence-electron chi connectivity index (χ2n) is 8.89. The largest absolute Gasteiger partial charge is 0.493 e. The fourth-order valence-electron chi connectivity index (χ4n) is 4.06. The summed E-state index contributed by atoms with van der Waals surface area (Å²) in [7, 11) is -1.75. The van der Waals surface area contributed by atoms with Crippen molar-refractivity contribution in [2.75, 3.05) is 57.9 Å². The van der Waals surface area contributed by atoms with Gasteiger partial charge in [-0.3, -0.25) is 0 Å². The van der Waals surface area contributed by atoms with Crippen molar-refractivity contribution in [1.29, 1.82) is 0 Å². The van der Waals surface area contributed by atoms with E-state index in [9.17, 15) is 8.42 Å². The fraction of sp³-hybridized carbons (Fsp3) is 0.556. The quantitative estimate of drug-likeness (QED) is 0.164. The summed E-state index contributed by atoms with van der Waals surface area (Å²) < 4.78 is 40.4. The van der Waals surface area contributed by atoms with Gasteiger partial charge in [-0.25, -0.2) is 8.42 Å². The van der Waals surface area contributed by atoms with Gasteiger partial charge in [0.05, 0.1) is 23.2 Å². The Morgan fingerprint density at radius 3 is 2.19 bits per heavy atom. The number of ether oxygens (including phenoxy) is 2. The lowest BCUT2D eigenvalue weighted by Crippen LogP contribution is -2.48. The normalized spacial score (nSPS) is 15.3. The number of nitrogens with zero attached hydrogens (tertiary/aromatic N) is 2. The summed E-state index contributed by atoms with van der Waals surface area (Å²) in [4.78, 5) is 2.65. The summed E-state index contributed by atoms with van der Waals surface area (Å²) in [6.45, 7) is 8.35. The molecule has 0 bridgehead atoms. The van der Waals surface area contributed by atoms with Gasteiger partial charge in [-0.15, -0.1) is 23.5 Å². The molecule has 1 aliphatic rings. The topological polar surface area (TPSA) is 59.1 Å². The van der Waals surface area contributed by atoms with Crippen LogP contribution in [0.3, 0.4) is 0 Å². The van der Waals surface area contributed by atoms with Crippen LogP contribution in [0.1, 0.15) is 43.3 Å². The summed E-state index contributed by atoms with van der Waals surface area (Å²) in [6.07, 6.45) is 3.20. The SMILES string of the molecule is CCCSC(SCCC)c1ccc(OCCCN2CCN(S(=O)(=O)c3ccc(Br)cc3)CC2)c(OC)c1. The lowest BCUT2D eigenvalue weighted by Gasteiger charge is -2.34. The molecule has 1 heterocycles. The van der Waals surface area contributed by atoms with Crippen molar-refractivity contribution in [2.24, 2.45) is 0 Å². The Balaban J connectivity index is 1.46. The van der Waals surface area contributed by atoms with Gasteiger partial charge in [-0.1, -0.05) is 35.8 Å². The molecule has 0 aliphatic carbocycles. The lowest BCUT2D eigenvalue weighted by molar-refractivity contribution is 0.174. The van der Waals surface area contributed by atoms with Crippen LogP contribution in [0.5, 0.6) is 11.5 Å². The van der Waals surface area contributed by atoms with Crippen LogP contribution in [0.15, 0.2) is 51.8 Å². The molecular weight excluding hydrogens is 592 g/mol. The molecular formula is C27H39BrN2O4S3. The Hall–Kier alpha value is -0.910. The summed E-state index contributed by atoms with van der Waals surface area (Å²) in [5, 5.41) is 0. The van der Waals surface area contributed by atoms with Crippen LogP contribution in [0.25, 0.3) is 0 Å². The standard InChI is InChI=1S/C27H39BrN2O4S3/c1-4-19-35-27(36-20-5-2)22-7-12-25(26(21-22)33-3)34-18-6-13-29-14-16-30(17-15-29)37(31,32)24-10-8-23(28)9-11-24/h7-12,21,27H,4-6,13-20H2,1-3H3. The summed E-state index contributed by atoms with van der Waals surface area (Å²) in [5.41, 5.74) is 1.28. The molecule has 206 valence electrons. The first-order valence-corrected chi connectivity index (χ1v) is 17.2. The molecule has 2 aromatic rings. The molecule has 0 radical (unpaired) electrons. The smallest absolute Gasteiger partial charge is 0.243 e. The van der Waals surface area contributed by atoms with Crippen LogP contribution in [0, 0.1) is 0 Å². The monoisotopic (exact) mass is 630 g/mol. The van der Waals surface area contributed by atoms with E-state index in [1.165, 1.54) is 18.4 Å². The number of hydrogen-bond acceptors (Lipinski definition) is 7. The summed E-state index contributed by atoms with van der Waals surface area (Å²) in [5.74, 6) is 3.85. The van der Waals surface area contributed by atoms with E-state index in [2.05, 4.69) is 46.8 Å². The van der Waals surface area contributed by atoms with E-state index in [0.29, 0.717) is 29.2 Å². The van der Waals surface area contributed by atoms with E-state index in [1.807, 2.05) is 29.6 Å². The predicted molar refractivity (Wildman–Crippen MR) is 161 cm³/mol. The minimum atomic E-state index is -3.45. The molecule has 0 aromatic heterocycles. The van der Waals surface area contributed by atoms with E-state index in [4.69, 9.17) is 9.47 Å². The van der Waals surface area contributed by atoms with E-state index in [0.717, 1.165) is 53.5 Å².